The SMILES string of the molecule is Cc1cc(C(=O)NC2CCCC2)ccc1NC(=O)Cc1ccc(N)cc1. The summed E-state index contributed by atoms with van der Waals surface area (Å²) in [6.07, 6.45) is 4.77. The van der Waals surface area contributed by atoms with Crippen molar-refractivity contribution in [3.63, 3.8) is 0 Å². The number of hydrogen-bond donors (Lipinski definition) is 3. The van der Waals surface area contributed by atoms with Crippen LogP contribution in [0.15, 0.2) is 42.5 Å². The van der Waals surface area contributed by atoms with Gasteiger partial charge in [-0.3, -0.25) is 9.59 Å². The monoisotopic (exact) mass is 351 g/mol. The van der Waals surface area contributed by atoms with Crippen LogP contribution < -0.4 is 16.4 Å². The number of carbonyl (C=O) groups excluding carboxylic acids is 2. The van der Waals surface area contributed by atoms with E-state index in [0.717, 1.165) is 29.7 Å². The molecule has 1 saturated carbocycles. The zero-order chi connectivity index (χ0) is 18.5. The first kappa shape index (κ1) is 18.0. The molecule has 5 heteroatoms. The second-order valence-electron chi connectivity index (χ2n) is 6.95. The maximum atomic E-state index is 12.3. The van der Waals surface area contributed by atoms with Crippen LogP contribution in [0.1, 0.15) is 47.2 Å². The normalized spacial score (nSPS) is 14.2. The van der Waals surface area contributed by atoms with Gasteiger partial charge in [-0.2, -0.15) is 0 Å². The summed E-state index contributed by atoms with van der Waals surface area (Å²) in [6.45, 7) is 1.89. The Bertz CT molecular complexity index is 793. The third-order valence-electron chi connectivity index (χ3n) is 4.80. The summed E-state index contributed by atoms with van der Waals surface area (Å²) in [7, 11) is 0. The van der Waals surface area contributed by atoms with E-state index in [1.54, 1.807) is 24.3 Å². The number of amides is 2. The largest absolute Gasteiger partial charge is 0.399 e. The number of carbonyl (C=O) groups is 2. The van der Waals surface area contributed by atoms with Crippen LogP contribution in [-0.2, 0) is 11.2 Å². The van der Waals surface area contributed by atoms with Crippen LogP contribution in [-0.4, -0.2) is 17.9 Å². The lowest BCUT2D eigenvalue weighted by atomic mass is 10.1. The van der Waals surface area contributed by atoms with Crippen molar-refractivity contribution in [1.82, 2.24) is 5.32 Å². The molecular formula is C21H25N3O2. The number of aryl methyl sites for hydroxylation is 1. The minimum atomic E-state index is -0.0963. The average molecular weight is 351 g/mol. The topological polar surface area (TPSA) is 84.2 Å². The number of anilines is 2. The van der Waals surface area contributed by atoms with Gasteiger partial charge in [-0.1, -0.05) is 25.0 Å². The van der Waals surface area contributed by atoms with Gasteiger partial charge in [0.1, 0.15) is 0 Å². The smallest absolute Gasteiger partial charge is 0.251 e. The predicted molar refractivity (Wildman–Crippen MR) is 104 cm³/mol. The Hall–Kier alpha value is -2.82. The molecule has 0 unspecified atom stereocenters. The minimum absolute atomic E-state index is 0.0419. The van der Waals surface area contributed by atoms with E-state index >= 15 is 0 Å². The van der Waals surface area contributed by atoms with E-state index in [4.69, 9.17) is 5.73 Å². The molecule has 0 radical (unpaired) electrons. The average Bonchev–Trinajstić information content (AvgIpc) is 3.11. The molecule has 2 amide bonds. The molecule has 136 valence electrons. The van der Waals surface area contributed by atoms with Gasteiger partial charge in [0, 0.05) is 23.0 Å². The van der Waals surface area contributed by atoms with Crippen molar-refractivity contribution in [1.29, 1.82) is 0 Å². The Morgan fingerprint density at radius 1 is 1.08 bits per heavy atom. The van der Waals surface area contributed by atoms with E-state index in [9.17, 15) is 9.59 Å². The van der Waals surface area contributed by atoms with Crippen molar-refractivity contribution in [2.45, 2.75) is 45.1 Å². The quantitative estimate of drug-likeness (QED) is 0.722. The van der Waals surface area contributed by atoms with Gasteiger partial charge in [0.25, 0.3) is 5.91 Å². The Balaban J connectivity index is 1.60. The molecule has 1 aliphatic rings. The van der Waals surface area contributed by atoms with Crippen LogP contribution in [0.4, 0.5) is 11.4 Å². The molecule has 0 saturated heterocycles. The maximum absolute atomic E-state index is 12.3. The van der Waals surface area contributed by atoms with Crippen molar-refractivity contribution in [2.75, 3.05) is 11.1 Å². The van der Waals surface area contributed by atoms with Gasteiger partial charge < -0.3 is 16.4 Å². The fourth-order valence-electron chi connectivity index (χ4n) is 3.30. The Morgan fingerprint density at radius 3 is 2.42 bits per heavy atom. The van der Waals surface area contributed by atoms with Crippen LogP contribution in [0, 0.1) is 6.92 Å². The third kappa shape index (κ3) is 4.63. The first-order valence-corrected chi connectivity index (χ1v) is 9.07. The van der Waals surface area contributed by atoms with Gasteiger partial charge in [0.05, 0.1) is 6.42 Å². The van der Waals surface area contributed by atoms with Crippen molar-refractivity contribution in [2.24, 2.45) is 0 Å². The fourth-order valence-corrected chi connectivity index (χ4v) is 3.30. The van der Waals surface area contributed by atoms with Crippen LogP contribution in [0.25, 0.3) is 0 Å². The number of hydrogen-bond acceptors (Lipinski definition) is 3. The van der Waals surface area contributed by atoms with E-state index in [0.29, 0.717) is 17.3 Å². The molecule has 0 aliphatic heterocycles. The molecule has 1 fully saturated rings. The lowest BCUT2D eigenvalue weighted by Crippen LogP contribution is -2.32. The first-order chi connectivity index (χ1) is 12.5. The number of benzene rings is 2. The van der Waals surface area contributed by atoms with Crippen molar-refractivity contribution in [3.8, 4) is 0 Å². The highest BCUT2D eigenvalue weighted by molar-refractivity contribution is 5.97. The summed E-state index contributed by atoms with van der Waals surface area (Å²) in [6, 6.07) is 12.9. The van der Waals surface area contributed by atoms with E-state index in [1.165, 1.54) is 12.8 Å². The predicted octanol–water partition coefficient (Wildman–Crippen LogP) is 3.43. The van der Waals surface area contributed by atoms with Crippen LogP contribution in [0.2, 0.25) is 0 Å². The van der Waals surface area contributed by atoms with Crippen LogP contribution in [0.3, 0.4) is 0 Å². The number of nitrogen functional groups attached to an aromatic ring is 1. The summed E-state index contributed by atoms with van der Waals surface area (Å²) in [4.78, 5) is 24.6. The van der Waals surface area contributed by atoms with Crippen molar-refractivity contribution in [3.05, 3.63) is 59.2 Å². The molecule has 2 aromatic carbocycles. The summed E-state index contributed by atoms with van der Waals surface area (Å²) >= 11 is 0. The Morgan fingerprint density at radius 2 is 1.77 bits per heavy atom. The second-order valence-corrected chi connectivity index (χ2v) is 6.95. The highest BCUT2D eigenvalue weighted by Crippen LogP contribution is 2.20. The lowest BCUT2D eigenvalue weighted by molar-refractivity contribution is -0.115. The molecule has 0 aromatic heterocycles. The number of rotatable bonds is 5. The third-order valence-corrected chi connectivity index (χ3v) is 4.80. The summed E-state index contributed by atoms with van der Waals surface area (Å²) < 4.78 is 0. The van der Waals surface area contributed by atoms with Gasteiger partial charge in [-0.25, -0.2) is 0 Å². The van der Waals surface area contributed by atoms with Crippen molar-refractivity contribution < 1.29 is 9.59 Å². The van der Waals surface area contributed by atoms with Crippen molar-refractivity contribution >= 4 is 23.2 Å². The molecule has 5 nitrogen and oxygen atoms in total. The highest BCUT2D eigenvalue weighted by Gasteiger charge is 2.18. The maximum Gasteiger partial charge on any atom is 0.251 e. The van der Waals surface area contributed by atoms with E-state index in [-0.39, 0.29) is 18.2 Å². The second kappa shape index (κ2) is 8.04. The molecule has 4 N–H and O–H groups in total. The molecule has 0 heterocycles. The van der Waals surface area contributed by atoms with E-state index < -0.39 is 0 Å². The molecule has 1 aliphatic carbocycles. The van der Waals surface area contributed by atoms with E-state index in [1.807, 2.05) is 25.1 Å². The summed E-state index contributed by atoms with van der Waals surface area (Å²) in [5, 5.41) is 5.99. The Labute approximate surface area is 154 Å². The number of nitrogens with two attached hydrogens (primary N) is 1. The van der Waals surface area contributed by atoms with E-state index in [2.05, 4.69) is 10.6 Å². The number of nitrogens with one attached hydrogen (secondary N) is 2. The Kier molecular flexibility index (Phi) is 5.56. The van der Waals surface area contributed by atoms with Gasteiger partial charge >= 0.3 is 0 Å². The minimum Gasteiger partial charge on any atom is -0.399 e. The fraction of sp³-hybridized carbons (Fsp3) is 0.333. The molecule has 26 heavy (non-hydrogen) atoms. The molecular weight excluding hydrogens is 326 g/mol. The van der Waals surface area contributed by atoms with Crippen LogP contribution in [0.5, 0.6) is 0 Å². The first-order valence-electron chi connectivity index (χ1n) is 9.07. The molecule has 3 rings (SSSR count). The molecule has 2 aromatic rings. The highest BCUT2D eigenvalue weighted by atomic mass is 16.2. The molecule has 0 bridgehead atoms. The van der Waals surface area contributed by atoms with Gasteiger partial charge in [0.2, 0.25) is 5.91 Å². The zero-order valence-corrected chi connectivity index (χ0v) is 15.0. The lowest BCUT2D eigenvalue weighted by Gasteiger charge is -2.14. The summed E-state index contributed by atoms with van der Waals surface area (Å²) in [5.41, 5.74) is 9.46. The molecule has 0 atom stereocenters. The summed E-state index contributed by atoms with van der Waals surface area (Å²) in [5.74, 6) is -0.138. The van der Waals surface area contributed by atoms with Gasteiger partial charge in [-0.05, 0) is 61.2 Å². The van der Waals surface area contributed by atoms with Crippen LogP contribution >= 0.6 is 0 Å². The molecule has 0 spiro atoms. The van der Waals surface area contributed by atoms with Gasteiger partial charge in [-0.15, -0.1) is 0 Å². The standard InChI is InChI=1S/C21H25N3O2/c1-14-12-16(21(26)23-18-4-2-3-5-18)8-11-19(14)24-20(25)13-15-6-9-17(22)10-7-15/h6-12,18H,2-5,13,22H2,1H3,(H,23,26)(H,24,25). The zero-order valence-electron chi connectivity index (χ0n) is 15.0. The van der Waals surface area contributed by atoms with Gasteiger partial charge in [0.15, 0.2) is 0 Å².